The van der Waals surface area contributed by atoms with Crippen molar-refractivity contribution in [3.05, 3.63) is 43.9 Å². The van der Waals surface area contributed by atoms with Crippen LogP contribution in [0, 0.1) is 6.92 Å². The quantitative estimate of drug-likeness (QED) is 0.401. The molecule has 0 bridgehead atoms. The van der Waals surface area contributed by atoms with Crippen molar-refractivity contribution in [1.29, 1.82) is 0 Å². The van der Waals surface area contributed by atoms with Crippen molar-refractivity contribution in [2.24, 2.45) is 0 Å². The molecule has 0 amide bonds. The average Bonchev–Trinajstić information content (AvgIpc) is 1.97. The van der Waals surface area contributed by atoms with Crippen LogP contribution < -0.4 is 0 Å². The minimum atomic E-state index is 1.00. The molecule has 10 heavy (non-hydrogen) atoms. The van der Waals surface area contributed by atoms with Crippen molar-refractivity contribution in [3.8, 4) is 0 Å². The Morgan fingerprint density at radius 1 is 1.00 bits per heavy atom. The van der Waals surface area contributed by atoms with Crippen molar-refractivity contribution in [2.75, 3.05) is 0 Å². The molecule has 0 rings (SSSR count). The maximum Gasteiger partial charge on any atom is -0.0169 e. The van der Waals surface area contributed by atoms with E-state index in [-0.39, 0.29) is 0 Å². The Hall–Kier alpha value is -0.780. The number of hydrogen-bond donors (Lipinski definition) is 0. The first-order valence-electron chi connectivity index (χ1n) is 3.62. The van der Waals surface area contributed by atoms with Crippen LogP contribution in [-0.4, -0.2) is 0 Å². The molecular weight excluding hydrogens is 120 g/mol. The van der Waals surface area contributed by atoms with Gasteiger partial charge in [0, 0.05) is 0 Å². The summed E-state index contributed by atoms with van der Waals surface area (Å²) in [7, 11) is 0. The van der Waals surface area contributed by atoms with E-state index in [4.69, 9.17) is 0 Å². The first-order chi connectivity index (χ1) is 4.91. The molecule has 0 aliphatic heterocycles. The fourth-order valence-electron chi connectivity index (χ4n) is 0.603. The van der Waals surface area contributed by atoms with Crippen LogP contribution in [0.15, 0.2) is 37.0 Å². The largest absolute Gasteiger partial charge is 0.103 e. The molecule has 0 atom stereocenters. The van der Waals surface area contributed by atoms with Crippen LogP contribution in [0.25, 0.3) is 0 Å². The number of rotatable bonds is 5. The molecule has 0 heteroatoms. The van der Waals surface area contributed by atoms with E-state index in [0.717, 1.165) is 19.3 Å². The Balaban J connectivity index is 3.11. The normalized spacial score (nSPS) is 11.3. The third-order valence-electron chi connectivity index (χ3n) is 1.14. The van der Waals surface area contributed by atoms with Crippen LogP contribution in [0.5, 0.6) is 0 Å². The van der Waals surface area contributed by atoms with Gasteiger partial charge in [-0.25, -0.2) is 0 Å². The average molecular weight is 135 g/mol. The Labute approximate surface area is 64.0 Å². The highest BCUT2D eigenvalue weighted by Gasteiger charge is 1.72. The smallest absolute Gasteiger partial charge is 0.0169 e. The van der Waals surface area contributed by atoms with Crippen LogP contribution in [0.2, 0.25) is 0 Å². The number of hydrogen-bond acceptors (Lipinski definition) is 0. The molecule has 0 aromatic rings. The van der Waals surface area contributed by atoms with Gasteiger partial charge in [0.05, 0.1) is 0 Å². The van der Waals surface area contributed by atoms with Crippen LogP contribution in [0.4, 0.5) is 0 Å². The van der Waals surface area contributed by atoms with E-state index in [0.29, 0.717) is 0 Å². The SMILES string of the molecule is [CH2]/C=C/C/C=C/CCC=C. The Kier molecular flexibility index (Phi) is 7.58. The van der Waals surface area contributed by atoms with Gasteiger partial charge in [-0.05, 0) is 26.2 Å². The second kappa shape index (κ2) is 8.22. The molecule has 0 unspecified atom stereocenters. The lowest BCUT2D eigenvalue weighted by Gasteiger charge is -1.83. The standard InChI is InChI=1S/C10H15/c1-3-5-7-9-10-8-6-4-2/h3-5,9-10H,1-2,6-8H2/b5-3+,10-9+. The minimum Gasteiger partial charge on any atom is -0.103 e. The van der Waals surface area contributed by atoms with E-state index in [1.807, 2.05) is 18.2 Å². The Morgan fingerprint density at radius 3 is 2.40 bits per heavy atom. The summed E-state index contributed by atoms with van der Waals surface area (Å²) in [6.45, 7) is 7.23. The fraction of sp³-hybridized carbons (Fsp3) is 0.300. The van der Waals surface area contributed by atoms with Crippen molar-refractivity contribution < 1.29 is 0 Å². The lowest BCUT2D eigenvalue weighted by Crippen LogP contribution is -1.62. The zero-order chi connectivity index (χ0) is 7.66. The highest BCUT2D eigenvalue weighted by atomic mass is 13.8. The molecule has 0 heterocycles. The van der Waals surface area contributed by atoms with Gasteiger partial charge in [0.25, 0.3) is 0 Å². The van der Waals surface area contributed by atoms with Gasteiger partial charge in [0.1, 0.15) is 0 Å². The van der Waals surface area contributed by atoms with Gasteiger partial charge in [-0.3, -0.25) is 0 Å². The Bertz CT molecular complexity index is 118. The third kappa shape index (κ3) is 7.22. The summed E-state index contributed by atoms with van der Waals surface area (Å²) < 4.78 is 0. The van der Waals surface area contributed by atoms with E-state index < -0.39 is 0 Å². The van der Waals surface area contributed by atoms with Gasteiger partial charge in [0.15, 0.2) is 0 Å². The van der Waals surface area contributed by atoms with Crippen LogP contribution in [-0.2, 0) is 0 Å². The van der Waals surface area contributed by atoms with Gasteiger partial charge in [-0.15, -0.1) is 6.58 Å². The summed E-state index contributed by atoms with van der Waals surface area (Å²) in [4.78, 5) is 0. The molecule has 0 N–H and O–H groups in total. The molecule has 0 saturated heterocycles. The van der Waals surface area contributed by atoms with Gasteiger partial charge in [-0.2, -0.15) is 0 Å². The summed E-state index contributed by atoms with van der Waals surface area (Å²) >= 11 is 0. The maximum atomic E-state index is 3.64. The highest BCUT2D eigenvalue weighted by Crippen LogP contribution is 1.93. The number of unbranched alkanes of at least 4 members (excludes halogenated alkanes) is 1. The molecule has 0 aromatic carbocycles. The predicted molar refractivity (Wildman–Crippen MR) is 47.7 cm³/mol. The van der Waals surface area contributed by atoms with Gasteiger partial charge in [0.2, 0.25) is 0 Å². The van der Waals surface area contributed by atoms with E-state index in [1.54, 1.807) is 0 Å². The van der Waals surface area contributed by atoms with E-state index in [2.05, 4.69) is 25.7 Å². The van der Waals surface area contributed by atoms with Crippen molar-refractivity contribution in [2.45, 2.75) is 19.3 Å². The molecule has 0 aromatic heterocycles. The fourth-order valence-corrected chi connectivity index (χ4v) is 0.603. The second-order valence-electron chi connectivity index (χ2n) is 2.04. The van der Waals surface area contributed by atoms with Crippen LogP contribution in [0.3, 0.4) is 0 Å². The predicted octanol–water partition coefficient (Wildman–Crippen LogP) is 3.29. The molecule has 0 saturated carbocycles. The van der Waals surface area contributed by atoms with Crippen molar-refractivity contribution in [1.82, 2.24) is 0 Å². The topological polar surface area (TPSA) is 0 Å². The molecule has 55 valence electrons. The Morgan fingerprint density at radius 2 is 1.80 bits per heavy atom. The maximum absolute atomic E-state index is 3.64. The zero-order valence-corrected chi connectivity index (χ0v) is 6.42. The molecule has 0 aliphatic carbocycles. The third-order valence-corrected chi connectivity index (χ3v) is 1.14. The molecule has 0 nitrogen and oxygen atoms in total. The van der Waals surface area contributed by atoms with Crippen LogP contribution in [0.1, 0.15) is 19.3 Å². The number of allylic oxidation sites excluding steroid dienone is 5. The molecule has 0 spiro atoms. The summed E-state index contributed by atoms with van der Waals surface area (Å²) in [5.74, 6) is 0. The monoisotopic (exact) mass is 135 g/mol. The first kappa shape index (κ1) is 9.22. The van der Waals surface area contributed by atoms with Crippen molar-refractivity contribution in [3.63, 3.8) is 0 Å². The highest BCUT2D eigenvalue weighted by molar-refractivity contribution is 4.94. The van der Waals surface area contributed by atoms with E-state index >= 15 is 0 Å². The van der Waals surface area contributed by atoms with E-state index in [1.165, 1.54) is 0 Å². The summed E-state index contributed by atoms with van der Waals surface area (Å²) in [6, 6.07) is 0. The molecular formula is C10H15. The zero-order valence-electron chi connectivity index (χ0n) is 6.42. The first-order valence-corrected chi connectivity index (χ1v) is 3.62. The summed E-state index contributed by atoms with van der Waals surface area (Å²) in [6.07, 6.45) is 13.3. The van der Waals surface area contributed by atoms with Crippen LogP contribution >= 0.6 is 0 Å². The van der Waals surface area contributed by atoms with Gasteiger partial charge < -0.3 is 0 Å². The summed E-state index contributed by atoms with van der Waals surface area (Å²) in [5.41, 5.74) is 0. The lowest BCUT2D eigenvalue weighted by molar-refractivity contribution is 1.05. The van der Waals surface area contributed by atoms with Crippen molar-refractivity contribution >= 4 is 0 Å². The van der Waals surface area contributed by atoms with Gasteiger partial charge in [-0.1, -0.05) is 30.4 Å². The lowest BCUT2D eigenvalue weighted by atomic mass is 10.2. The summed E-state index contributed by atoms with van der Waals surface area (Å²) in [5, 5.41) is 0. The van der Waals surface area contributed by atoms with Gasteiger partial charge >= 0.3 is 0 Å². The minimum absolute atomic E-state index is 1.00. The van der Waals surface area contributed by atoms with E-state index in [9.17, 15) is 0 Å². The molecule has 1 radical (unpaired) electrons. The second-order valence-corrected chi connectivity index (χ2v) is 2.04. The molecule has 0 aliphatic rings. The molecule has 0 fully saturated rings.